The van der Waals surface area contributed by atoms with Crippen LogP contribution >= 0.6 is 0 Å². The highest BCUT2D eigenvalue weighted by atomic mass is 16.5. The summed E-state index contributed by atoms with van der Waals surface area (Å²) in [5.74, 6) is 1.45. The summed E-state index contributed by atoms with van der Waals surface area (Å²) in [6, 6.07) is 0. The molecule has 0 rings (SSSR count). The summed E-state index contributed by atoms with van der Waals surface area (Å²) >= 11 is 0. The Bertz CT molecular complexity index is 600. The second kappa shape index (κ2) is 31.5. The number of carbonyl (C=O) groups is 2. The molecule has 0 aromatic rings. The number of hydrogen-bond donors (Lipinski definition) is 0. The number of rotatable bonds is 34. The first-order valence-electron chi connectivity index (χ1n) is 19.9. The monoisotopic (exact) mass is 637 g/mol. The van der Waals surface area contributed by atoms with E-state index in [4.69, 9.17) is 9.47 Å². The predicted octanol–water partition coefficient (Wildman–Crippen LogP) is 13.3. The van der Waals surface area contributed by atoms with E-state index in [-0.39, 0.29) is 17.4 Å². The van der Waals surface area contributed by atoms with Gasteiger partial charge in [0, 0.05) is 18.3 Å². The first kappa shape index (κ1) is 43.9. The van der Waals surface area contributed by atoms with Crippen molar-refractivity contribution in [3.63, 3.8) is 0 Å². The molecule has 0 heterocycles. The minimum absolute atomic E-state index is 0.125. The normalized spacial score (nSPS) is 11.9. The molecule has 0 aliphatic rings. The van der Waals surface area contributed by atoms with Crippen LogP contribution in [-0.2, 0) is 19.1 Å². The van der Waals surface area contributed by atoms with Gasteiger partial charge in [-0.15, -0.1) is 0 Å². The molecule has 0 atom stereocenters. The van der Waals surface area contributed by atoms with Crippen molar-refractivity contribution in [2.75, 3.05) is 13.2 Å². The molecule has 0 saturated carbocycles. The Morgan fingerprint density at radius 2 is 0.622 bits per heavy atom. The third-order valence-corrected chi connectivity index (χ3v) is 9.07. The Balaban J connectivity index is 3.51. The molecule has 0 amide bonds. The lowest BCUT2D eigenvalue weighted by Gasteiger charge is -2.23. The molecule has 0 aliphatic carbocycles. The predicted molar refractivity (Wildman–Crippen MR) is 195 cm³/mol. The van der Waals surface area contributed by atoms with Gasteiger partial charge in [0.15, 0.2) is 0 Å². The van der Waals surface area contributed by atoms with Crippen molar-refractivity contribution in [3.05, 3.63) is 0 Å². The van der Waals surface area contributed by atoms with Gasteiger partial charge in [-0.3, -0.25) is 9.59 Å². The average molecular weight is 637 g/mol. The summed E-state index contributed by atoms with van der Waals surface area (Å²) in [5.41, 5.74) is -0.354. The number of unbranched alkanes of at least 4 members (excludes halogenated alkanes) is 22. The maximum Gasteiger partial charge on any atom is 0.305 e. The Morgan fingerprint density at radius 1 is 0.400 bits per heavy atom. The van der Waals surface area contributed by atoms with Gasteiger partial charge >= 0.3 is 11.9 Å². The third kappa shape index (κ3) is 35.6. The molecule has 0 radical (unpaired) electrons. The highest BCUT2D eigenvalue weighted by Gasteiger charge is 2.22. The fourth-order valence-corrected chi connectivity index (χ4v) is 5.92. The quantitative estimate of drug-likeness (QED) is 0.0521. The van der Waals surface area contributed by atoms with Crippen molar-refractivity contribution in [1.82, 2.24) is 0 Å². The highest BCUT2D eigenvalue weighted by molar-refractivity contribution is 5.69. The molecule has 0 N–H and O–H groups in total. The highest BCUT2D eigenvalue weighted by Crippen LogP contribution is 2.19. The van der Waals surface area contributed by atoms with Gasteiger partial charge < -0.3 is 9.47 Å². The molecule has 0 saturated heterocycles. The minimum atomic E-state index is -0.354. The second-order valence-corrected chi connectivity index (χ2v) is 15.8. The van der Waals surface area contributed by atoms with Gasteiger partial charge in [-0.05, 0) is 24.7 Å². The van der Waals surface area contributed by atoms with Crippen LogP contribution in [0.3, 0.4) is 0 Å². The number of carbonyl (C=O) groups excluding carboxylic acids is 2. The lowest BCUT2D eigenvalue weighted by molar-refractivity contribution is -0.152. The third-order valence-electron chi connectivity index (χ3n) is 9.07. The van der Waals surface area contributed by atoms with Gasteiger partial charge in [-0.1, -0.05) is 196 Å². The molecule has 268 valence electrons. The van der Waals surface area contributed by atoms with E-state index in [1.54, 1.807) is 0 Å². The van der Waals surface area contributed by atoms with Crippen LogP contribution in [0.15, 0.2) is 0 Å². The zero-order chi connectivity index (χ0) is 33.4. The van der Waals surface area contributed by atoms with Gasteiger partial charge in [0.1, 0.15) is 0 Å². The largest absolute Gasteiger partial charge is 0.465 e. The van der Waals surface area contributed by atoms with Gasteiger partial charge in [0.2, 0.25) is 0 Å². The van der Waals surface area contributed by atoms with Crippen LogP contribution in [0.25, 0.3) is 0 Å². The van der Waals surface area contributed by atoms with E-state index in [2.05, 4.69) is 27.7 Å². The Kier molecular flexibility index (Phi) is 30.8. The maximum atomic E-state index is 12.2. The van der Waals surface area contributed by atoms with Crippen molar-refractivity contribution in [2.45, 2.75) is 221 Å². The topological polar surface area (TPSA) is 52.6 Å². The van der Waals surface area contributed by atoms with Crippen LogP contribution in [0.1, 0.15) is 221 Å². The first-order chi connectivity index (χ1) is 21.6. The summed E-state index contributed by atoms with van der Waals surface area (Å²) in [6.45, 7) is 13.9. The zero-order valence-corrected chi connectivity index (χ0v) is 31.5. The molecule has 4 nitrogen and oxygen atoms in total. The van der Waals surface area contributed by atoms with E-state index in [1.807, 2.05) is 13.8 Å². The second-order valence-electron chi connectivity index (χ2n) is 15.8. The number of hydrogen-bond acceptors (Lipinski definition) is 4. The van der Waals surface area contributed by atoms with Crippen molar-refractivity contribution >= 4 is 11.9 Å². The van der Waals surface area contributed by atoms with Crippen LogP contribution in [0.5, 0.6) is 0 Å². The van der Waals surface area contributed by atoms with Gasteiger partial charge in [-0.25, -0.2) is 0 Å². The molecule has 0 spiro atoms. The zero-order valence-electron chi connectivity index (χ0n) is 31.5. The summed E-state index contributed by atoms with van der Waals surface area (Å²) in [5, 5.41) is 0. The summed E-state index contributed by atoms with van der Waals surface area (Å²) in [7, 11) is 0. The van der Waals surface area contributed by atoms with Crippen molar-refractivity contribution in [1.29, 1.82) is 0 Å². The average Bonchev–Trinajstić information content (AvgIpc) is 2.99. The number of ether oxygens (including phenoxy) is 2. The van der Waals surface area contributed by atoms with Crippen LogP contribution < -0.4 is 0 Å². The van der Waals surface area contributed by atoms with Crippen molar-refractivity contribution in [2.24, 2.45) is 17.3 Å². The summed E-state index contributed by atoms with van der Waals surface area (Å²) in [4.78, 5) is 24.4. The van der Waals surface area contributed by atoms with Crippen LogP contribution in [-0.4, -0.2) is 25.2 Å². The van der Waals surface area contributed by atoms with E-state index in [0.29, 0.717) is 26.1 Å². The molecule has 45 heavy (non-hydrogen) atoms. The molecular weight excluding hydrogens is 556 g/mol. The smallest absolute Gasteiger partial charge is 0.305 e. The van der Waals surface area contributed by atoms with Crippen LogP contribution in [0, 0.1) is 17.3 Å². The fourth-order valence-electron chi connectivity index (χ4n) is 5.92. The molecule has 0 aromatic carbocycles. The number of esters is 2. The van der Waals surface area contributed by atoms with Crippen molar-refractivity contribution in [3.8, 4) is 0 Å². The summed E-state index contributed by atoms with van der Waals surface area (Å²) in [6.07, 6.45) is 34.9. The van der Waals surface area contributed by atoms with E-state index >= 15 is 0 Å². The molecular formula is C41H80O4. The SMILES string of the molecule is CC(C)CCCCCCCCCCCCCCC(=O)OCC(C)(C)COC(=O)CCCCCCCCCCCCCCC(C)C. The lowest BCUT2D eigenvalue weighted by atomic mass is 9.96. The Labute approximate surface area is 282 Å². The molecule has 0 unspecified atom stereocenters. The van der Waals surface area contributed by atoms with E-state index in [0.717, 1.165) is 37.5 Å². The van der Waals surface area contributed by atoms with Gasteiger partial charge in [0.25, 0.3) is 0 Å². The molecule has 0 aliphatic heterocycles. The first-order valence-corrected chi connectivity index (χ1v) is 19.9. The Morgan fingerprint density at radius 3 is 0.867 bits per heavy atom. The maximum absolute atomic E-state index is 12.2. The molecule has 0 bridgehead atoms. The van der Waals surface area contributed by atoms with Crippen molar-refractivity contribution < 1.29 is 19.1 Å². The van der Waals surface area contributed by atoms with Crippen LogP contribution in [0.2, 0.25) is 0 Å². The standard InChI is InChI=1S/C41H80O4/c1-37(2)31-27-23-19-15-11-7-9-13-17-21-25-29-33-39(42)44-35-41(5,6)36-45-40(43)34-30-26-22-18-14-10-8-12-16-20-24-28-32-38(3)4/h37-38H,7-36H2,1-6H3. The molecule has 0 fully saturated rings. The molecule has 0 aromatic heterocycles. The fraction of sp³-hybridized carbons (Fsp3) is 0.951. The lowest BCUT2D eigenvalue weighted by Crippen LogP contribution is -2.28. The Hall–Kier alpha value is -1.06. The van der Waals surface area contributed by atoms with Gasteiger partial charge in [0.05, 0.1) is 13.2 Å². The van der Waals surface area contributed by atoms with Gasteiger partial charge in [-0.2, -0.15) is 0 Å². The van der Waals surface area contributed by atoms with E-state index in [1.165, 1.54) is 141 Å². The van der Waals surface area contributed by atoms with E-state index < -0.39 is 0 Å². The molecule has 4 heteroatoms. The van der Waals surface area contributed by atoms with Crippen LogP contribution in [0.4, 0.5) is 0 Å². The summed E-state index contributed by atoms with van der Waals surface area (Å²) < 4.78 is 11.0. The van der Waals surface area contributed by atoms with E-state index in [9.17, 15) is 9.59 Å². The minimum Gasteiger partial charge on any atom is -0.465 e.